The number of pyridine rings is 2. The minimum atomic E-state index is -4.47. The van der Waals surface area contributed by atoms with E-state index in [1.807, 2.05) is 0 Å². The second-order valence-corrected chi connectivity index (χ2v) is 6.70. The van der Waals surface area contributed by atoms with Crippen molar-refractivity contribution in [1.82, 2.24) is 25.5 Å². The summed E-state index contributed by atoms with van der Waals surface area (Å²) < 4.78 is 43.8. The zero-order valence-corrected chi connectivity index (χ0v) is 15.1. The molecule has 1 atom stereocenters. The van der Waals surface area contributed by atoms with Crippen molar-refractivity contribution in [1.29, 1.82) is 0 Å². The lowest BCUT2D eigenvalue weighted by Crippen LogP contribution is -2.32. The molecule has 3 aromatic heterocycles. The van der Waals surface area contributed by atoms with E-state index in [2.05, 4.69) is 30.8 Å². The molecule has 4 heterocycles. The van der Waals surface area contributed by atoms with Crippen molar-refractivity contribution in [2.75, 3.05) is 11.9 Å². The Morgan fingerprint density at radius 3 is 2.69 bits per heavy atom. The molecule has 11 heteroatoms. The molecule has 0 bridgehead atoms. The van der Waals surface area contributed by atoms with E-state index in [1.54, 1.807) is 19.1 Å². The van der Waals surface area contributed by atoms with Crippen LogP contribution in [0.25, 0.3) is 11.5 Å². The third-order valence-electron chi connectivity index (χ3n) is 4.68. The lowest BCUT2D eigenvalue weighted by molar-refractivity contribution is -0.137. The van der Waals surface area contributed by atoms with Gasteiger partial charge in [-0.05, 0) is 37.6 Å². The molecule has 4 rings (SSSR count). The molecule has 1 saturated heterocycles. The second kappa shape index (κ2) is 6.83. The van der Waals surface area contributed by atoms with E-state index in [0.717, 1.165) is 12.3 Å². The summed E-state index contributed by atoms with van der Waals surface area (Å²) in [6.07, 6.45) is -1.71. The summed E-state index contributed by atoms with van der Waals surface area (Å²) in [5.41, 5.74) is -1.33. The number of aromatic nitrogens is 4. The fraction of sp³-hybridized carbons (Fsp3) is 0.278. The van der Waals surface area contributed by atoms with Crippen LogP contribution >= 0.6 is 0 Å². The number of hydrogen-bond donors (Lipinski definition) is 2. The summed E-state index contributed by atoms with van der Waals surface area (Å²) in [6, 6.07) is 5.43. The van der Waals surface area contributed by atoms with Gasteiger partial charge < -0.3 is 15.1 Å². The molecule has 1 amide bonds. The zero-order chi connectivity index (χ0) is 20.6. The number of nitrogens with zero attached hydrogens (tertiary/aromatic N) is 4. The van der Waals surface area contributed by atoms with Crippen molar-refractivity contribution in [3.63, 3.8) is 0 Å². The van der Waals surface area contributed by atoms with Crippen LogP contribution in [0, 0.1) is 0 Å². The molecule has 29 heavy (non-hydrogen) atoms. The Morgan fingerprint density at radius 1 is 1.21 bits per heavy atom. The molecule has 1 aliphatic heterocycles. The maximum atomic E-state index is 12.7. The molecular formula is C18H15F3N6O2. The van der Waals surface area contributed by atoms with Crippen LogP contribution in [-0.2, 0) is 16.4 Å². The fourth-order valence-electron chi connectivity index (χ4n) is 2.93. The Labute approximate surface area is 162 Å². The van der Waals surface area contributed by atoms with Crippen molar-refractivity contribution in [3.05, 3.63) is 48.1 Å². The lowest BCUT2D eigenvalue weighted by atomic mass is 9.89. The van der Waals surface area contributed by atoms with Gasteiger partial charge in [0.1, 0.15) is 17.1 Å². The van der Waals surface area contributed by atoms with Gasteiger partial charge in [-0.2, -0.15) is 13.2 Å². The largest absolute Gasteiger partial charge is 0.419 e. The van der Waals surface area contributed by atoms with E-state index in [9.17, 15) is 18.0 Å². The number of halogens is 3. The number of carbonyl (C=O) groups is 1. The Bertz CT molecular complexity index is 1050. The van der Waals surface area contributed by atoms with Gasteiger partial charge in [-0.25, -0.2) is 9.97 Å². The van der Waals surface area contributed by atoms with E-state index in [-0.39, 0.29) is 29.3 Å². The predicted octanol–water partition coefficient (Wildman–Crippen LogP) is 3.07. The summed E-state index contributed by atoms with van der Waals surface area (Å²) >= 11 is 0. The molecule has 150 valence electrons. The average Bonchev–Trinajstić information content (AvgIpc) is 3.30. The van der Waals surface area contributed by atoms with Crippen LogP contribution in [0.4, 0.5) is 24.8 Å². The van der Waals surface area contributed by atoms with Gasteiger partial charge in [-0.1, -0.05) is 0 Å². The van der Waals surface area contributed by atoms with Crippen LogP contribution in [0.3, 0.4) is 0 Å². The van der Waals surface area contributed by atoms with Crippen molar-refractivity contribution >= 4 is 17.5 Å². The quantitative estimate of drug-likeness (QED) is 0.688. The van der Waals surface area contributed by atoms with E-state index in [4.69, 9.17) is 4.42 Å². The van der Waals surface area contributed by atoms with Crippen molar-refractivity contribution in [2.24, 2.45) is 0 Å². The molecule has 2 N–H and O–H groups in total. The Morgan fingerprint density at radius 2 is 2.03 bits per heavy atom. The molecule has 0 unspecified atom stereocenters. The molecular weight excluding hydrogens is 389 g/mol. The number of amides is 1. The summed E-state index contributed by atoms with van der Waals surface area (Å²) in [5, 5.41) is 13.6. The Balaban J connectivity index is 1.62. The summed E-state index contributed by atoms with van der Waals surface area (Å²) in [6.45, 7) is 2.24. The van der Waals surface area contributed by atoms with Gasteiger partial charge >= 0.3 is 6.18 Å². The standard InChI is InChI=1S/C18H15F3N6O2/c1-17(6-8-23-15(17)28)16-27-26-14(29-16)11-3-2-7-22-13(11)25-12-5-4-10(9-24-12)18(19,20)21/h2-5,7,9H,6,8H2,1H3,(H,23,28)(H,22,24,25)/t17-/m0/s1. The molecule has 0 aliphatic carbocycles. The smallest absolute Gasteiger partial charge is 0.417 e. The van der Waals surface area contributed by atoms with E-state index in [0.29, 0.717) is 18.5 Å². The first-order chi connectivity index (χ1) is 13.8. The van der Waals surface area contributed by atoms with Crippen LogP contribution in [0.5, 0.6) is 0 Å². The average molecular weight is 404 g/mol. The fourth-order valence-corrected chi connectivity index (χ4v) is 2.93. The van der Waals surface area contributed by atoms with Crippen LogP contribution in [0.15, 0.2) is 41.1 Å². The highest BCUT2D eigenvalue weighted by Crippen LogP contribution is 2.34. The summed E-state index contributed by atoms with van der Waals surface area (Å²) in [4.78, 5) is 20.1. The molecule has 0 aromatic carbocycles. The minimum absolute atomic E-state index is 0.128. The number of rotatable bonds is 4. The third kappa shape index (κ3) is 3.50. The lowest BCUT2D eigenvalue weighted by Gasteiger charge is -2.14. The van der Waals surface area contributed by atoms with Crippen LogP contribution in [-0.4, -0.2) is 32.6 Å². The van der Waals surface area contributed by atoms with Gasteiger partial charge in [-0.15, -0.1) is 10.2 Å². The highest BCUT2D eigenvalue weighted by atomic mass is 19.4. The van der Waals surface area contributed by atoms with Gasteiger partial charge in [0.05, 0.1) is 11.1 Å². The van der Waals surface area contributed by atoms with Crippen molar-refractivity contribution in [3.8, 4) is 11.5 Å². The van der Waals surface area contributed by atoms with Gasteiger partial charge in [0.25, 0.3) is 5.89 Å². The first kappa shape index (κ1) is 18.8. The van der Waals surface area contributed by atoms with Crippen LogP contribution in [0.2, 0.25) is 0 Å². The SMILES string of the molecule is C[C@]1(c2nnc(-c3cccnc3Nc3ccc(C(F)(F)F)cn3)o2)CCNC1=O. The van der Waals surface area contributed by atoms with Crippen molar-refractivity contribution < 1.29 is 22.4 Å². The minimum Gasteiger partial charge on any atom is -0.419 e. The maximum absolute atomic E-state index is 12.7. The number of hydrogen-bond acceptors (Lipinski definition) is 7. The molecule has 0 spiro atoms. The van der Waals surface area contributed by atoms with Crippen LogP contribution < -0.4 is 10.6 Å². The predicted molar refractivity (Wildman–Crippen MR) is 95.0 cm³/mol. The van der Waals surface area contributed by atoms with Gasteiger partial charge in [0, 0.05) is 18.9 Å². The molecule has 1 aliphatic rings. The maximum Gasteiger partial charge on any atom is 0.417 e. The monoisotopic (exact) mass is 404 g/mol. The van der Waals surface area contributed by atoms with Crippen molar-refractivity contribution in [2.45, 2.75) is 24.9 Å². The number of alkyl halides is 3. The Kier molecular flexibility index (Phi) is 4.44. The van der Waals surface area contributed by atoms with E-state index >= 15 is 0 Å². The highest BCUT2D eigenvalue weighted by molar-refractivity contribution is 5.88. The summed E-state index contributed by atoms with van der Waals surface area (Å²) in [5.74, 6) is 0.565. The van der Waals surface area contributed by atoms with Gasteiger partial charge in [0.2, 0.25) is 11.8 Å². The van der Waals surface area contributed by atoms with Gasteiger partial charge in [-0.3, -0.25) is 4.79 Å². The molecule has 8 nitrogen and oxygen atoms in total. The third-order valence-corrected chi connectivity index (χ3v) is 4.68. The molecule has 0 saturated carbocycles. The molecule has 1 fully saturated rings. The highest BCUT2D eigenvalue weighted by Gasteiger charge is 2.44. The summed E-state index contributed by atoms with van der Waals surface area (Å²) in [7, 11) is 0. The van der Waals surface area contributed by atoms with Gasteiger partial charge in [0.15, 0.2) is 0 Å². The Hall–Kier alpha value is -3.50. The second-order valence-electron chi connectivity index (χ2n) is 6.70. The zero-order valence-electron chi connectivity index (χ0n) is 15.1. The van der Waals surface area contributed by atoms with Crippen LogP contribution in [0.1, 0.15) is 24.8 Å². The molecule has 0 radical (unpaired) electrons. The number of carbonyl (C=O) groups excluding carboxylic acids is 1. The van der Waals surface area contributed by atoms with E-state index < -0.39 is 17.2 Å². The van der Waals surface area contributed by atoms with E-state index in [1.165, 1.54) is 12.3 Å². The first-order valence-electron chi connectivity index (χ1n) is 8.65. The number of nitrogens with one attached hydrogen (secondary N) is 2. The topological polar surface area (TPSA) is 106 Å². The number of anilines is 2. The molecule has 3 aromatic rings. The normalized spacial score (nSPS) is 19.2. The first-order valence-corrected chi connectivity index (χ1v) is 8.65.